The number of primary amides is 1. The molecule has 2 N–H and O–H groups in total. The number of allylic oxidation sites excluding steroid dienone is 3. The Morgan fingerprint density at radius 2 is 1.75 bits per heavy atom. The third kappa shape index (κ3) is 4.44. The van der Waals surface area contributed by atoms with E-state index in [4.69, 9.17) is 5.73 Å². The molecule has 0 radical (unpaired) electrons. The molecule has 1 amide bonds. The largest absolute Gasteiger partial charge is 0.364 e. The summed E-state index contributed by atoms with van der Waals surface area (Å²) in [7, 11) is 0. The quantitative estimate of drug-likeness (QED) is 0.473. The fraction of sp³-hybridized carbons (Fsp3) is 0.355. The van der Waals surface area contributed by atoms with Crippen molar-refractivity contribution in [2.24, 2.45) is 11.1 Å². The highest BCUT2D eigenvalue weighted by molar-refractivity contribution is 5.90. The standard InChI is InChI=1S/C31H36N4O/c1-23-21-28(29(32)36)33-35(23)27-13-11-26(12-14-27)30(2,3)31(22-34-19-7-8-20-34)17-15-25(16-18-31)24-9-5-4-6-10-24/h4-6,9-17,21H,7-8,18-20,22H2,1-3H3,(H2,32,36). The molecular weight excluding hydrogens is 444 g/mol. The van der Waals surface area contributed by atoms with Gasteiger partial charge in [-0.1, -0.05) is 74.5 Å². The second-order valence-electron chi connectivity index (χ2n) is 10.8. The monoisotopic (exact) mass is 480 g/mol. The zero-order valence-electron chi connectivity index (χ0n) is 21.6. The zero-order chi connectivity index (χ0) is 25.3. The number of carbonyl (C=O) groups excluding carboxylic acids is 1. The third-order valence-electron chi connectivity index (χ3n) is 8.30. The fourth-order valence-corrected chi connectivity index (χ4v) is 5.80. The number of carbonyl (C=O) groups is 1. The predicted octanol–water partition coefficient (Wildman–Crippen LogP) is 5.68. The number of likely N-dealkylation sites (tertiary alicyclic amines) is 1. The Bertz CT molecular complexity index is 1290. The summed E-state index contributed by atoms with van der Waals surface area (Å²) in [6, 6.07) is 21.0. The van der Waals surface area contributed by atoms with Crippen LogP contribution in [0.25, 0.3) is 11.3 Å². The first kappa shape index (κ1) is 24.3. The van der Waals surface area contributed by atoms with Crippen molar-refractivity contribution in [3.05, 3.63) is 101 Å². The lowest BCUT2D eigenvalue weighted by Crippen LogP contribution is -2.48. The molecule has 0 saturated carbocycles. The number of rotatable bonds is 7. The number of aryl methyl sites for hydroxylation is 1. The van der Waals surface area contributed by atoms with E-state index in [2.05, 4.69) is 96.7 Å². The minimum atomic E-state index is -0.509. The van der Waals surface area contributed by atoms with Gasteiger partial charge in [-0.15, -0.1) is 0 Å². The van der Waals surface area contributed by atoms with Gasteiger partial charge in [0.2, 0.25) is 0 Å². The summed E-state index contributed by atoms with van der Waals surface area (Å²) in [6.07, 6.45) is 10.8. The van der Waals surface area contributed by atoms with Gasteiger partial charge < -0.3 is 10.6 Å². The Hall–Kier alpha value is -3.44. The maximum absolute atomic E-state index is 11.6. The van der Waals surface area contributed by atoms with Gasteiger partial charge in [0.1, 0.15) is 0 Å². The molecule has 1 aliphatic carbocycles. The molecule has 2 aliphatic rings. The minimum Gasteiger partial charge on any atom is -0.364 e. The van der Waals surface area contributed by atoms with Crippen molar-refractivity contribution < 1.29 is 4.79 Å². The van der Waals surface area contributed by atoms with Crippen molar-refractivity contribution in [2.45, 2.75) is 45.4 Å². The molecule has 3 aromatic rings. The SMILES string of the molecule is Cc1cc(C(N)=O)nn1-c1ccc(C(C)(C)C2(CN3CCCC3)C=CC(c3ccccc3)=CC2)cc1. The molecule has 5 heteroatoms. The molecule has 186 valence electrons. The van der Waals surface area contributed by atoms with Crippen LogP contribution in [0.3, 0.4) is 0 Å². The smallest absolute Gasteiger partial charge is 0.269 e. The third-order valence-corrected chi connectivity index (χ3v) is 8.30. The number of hydrogen-bond acceptors (Lipinski definition) is 3. The summed E-state index contributed by atoms with van der Waals surface area (Å²) in [4.78, 5) is 14.2. The minimum absolute atomic E-state index is 0.0160. The lowest BCUT2D eigenvalue weighted by molar-refractivity contribution is 0.0995. The number of nitrogens with zero attached hydrogens (tertiary/aromatic N) is 3. The van der Waals surface area contributed by atoms with Crippen molar-refractivity contribution in [3.63, 3.8) is 0 Å². The molecule has 1 aliphatic heterocycles. The fourth-order valence-electron chi connectivity index (χ4n) is 5.80. The number of nitrogens with two attached hydrogens (primary N) is 1. The van der Waals surface area contributed by atoms with Gasteiger partial charge in [-0.05, 0) is 74.2 Å². The predicted molar refractivity (Wildman–Crippen MR) is 146 cm³/mol. The molecule has 2 aromatic carbocycles. The van der Waals surface area contributed by atoms with Crippen LogP contribution in [0.15, 0.2) is 78.9 Å². The average Bonchev–Trinajstić information content (AvgIpc) is 3.54. The second kappa shape index (κ2) is 9.55. The average molecular weight is 481 g/mol. The molecule has 1 unspecified atom stereocenters. The molecule has 0 spiro atoms. The molecule has 1 aromatic heterocycles. The van der Waals surface area contributed by atoms with Crippen LogP contribution in [-0.2, 0) is 5.41 Å². The van der Waals surface area contributed by atoms with Crippen molar-refractivity contribution in [1.82, 2.24) is 14.7 Å². The highest BCUT2D eigenvalue weighted by atomic mass is 16.1. The lowest BCUT2D eigenvalue weighted by Gasteiger charge is -2.48. The van der Waals surface area contributed by atoms with E-state index in [9.17, 15) is 4.79 Å². The Morgan fingerprint density at radius 1 is 1.06 bits per heavy atom. The molecule has 36 heavy (non-hydrogen) atoms. The van der Waals surface area contributed by atoms with Crippen LogP contribution in [0.2, 0.25) is 0 Å². The zero-order valence-corrected chi connectivity index (χ0v) is 21.6. The number of aromatic nitrogens is 2. The summed E-state index contributed by atoms with van der Waals surface area (Å²) in [5.41, 5.74) is 11.3. The van der Waals surface area contributed by atoms with Crippen LogP contribution >= 0.6 is 0 Å². The first-order valence-electron chi connectivity index (χ1n) is 12.9. The van der Waals surface area contributed by atoms with E-state index in [-0.39, 0.29) is 16.5 Å². The summed E-state index contributed by atoms with van der Waals surface area (Å²) in [5.74, 6) is -0.509. The summed E-state index contributed by atoms with van der Waals surface area (Å²) in [5, 5.41) is 4.40. The summed E-state index contributed by atoms with van der Waals surface area (Å²) in [6.45, 7) is 10.1. The maximum atomic E-state index is 11.6. The van der Waals surface area contributed by atoms with Crippen LogP contribution in [0.4, 0.5) is 0 Å². The molecule has 1 atom stereocenters. The first-order valence-corrected chi connectivity index (χ1v) is 12.9. The van der Waals surface area contributed by atoms with Gasteiger partial charge in [0, 0.05) is 23.1 Å². The van der Waals surface area contributed by atoms with Crippen LogP contribution in [0.5, 0.6) is 0 Å². The van der Waals surface area contributed by atoms with Crippen molar-refractivity contribution in [2.75, 3.05) is 19.6 Å². The molecular formula is C31H36N4O. The van der Waals surface area contributed by atoms with Crippen LogP contribution in [0, 0.1) is 12.3 Å². The van der Waals surface area contributed by atoms with Crippen molar-refractivity contribution in [1.29, 1.82) is 0 Å². The number of amides is 1. The Morgan fingerprint density at radius 3 is 2.33 bits per heavy atom. The van der Waals surface area contributed by atoms with Gasteiger partial charge in [-0.3, -0.25) is 4.79 Å². The molecule has 2 heterocycles. The molecule has 1 fully saturated rings. The molecule has 0 bridgehead atoms. The number of hydrogen-bond donors (Lipinski definition) is 1. The van der Waals surface area contributed by atoms with Crippen molar-refractivity contribution >= 4 is 11.5 Å². The van der Waals surface area contributed by atoms with Gasteiger partial charge >= 0.3 is 0 Å². The van der Waals surface area contributed by atoms with E-state index in [1.165, 1.54) is 42.6 Å². The topological polar surface area (TPSA) is 64.2 Å². The summed E-state index contributed by atoms with van der Waals surface area (Å²) >= 11 is 0. The summed E-state index contributed by atoms with van der Waals surface area (Å²) < 4.78 is 1.78. The van der Waals surface area contributed by atoms with Gasteiger partial charge in [-0.25, -0.2) is 4.68 Å². The van der Waals surface area contributed by atoms with E-state index in [0.717, 1.165) is 24.3 Å². The van der Waals surface area contributed by atoms with E-state index in [1.54, 1.807) is 10.7 Å². The van der Waals surface area contributed by atoms with E-state index in [1.807, 2.05) is 6.92 Å². The number of benzene rings is 2. The molecule has 5 rings (SSSR count). The molecule has 1 saturated heterocycles. The van der Waals surface area contributed by atoms with Gasteiger partial charge in [-0.2, -0.15) is 5.10 Å². The van der Waals surface area contributed by atoms with Crippen LogP contribution in [-0.4, -0.2) is 40.2 Å². The van der Waals surface area contributed by atoms with Gasteiger partial charge in [0.15, 0.2) is 5.69 Å². The highest BCUT2D eigenvalue weighted by Crippen LogP contribution is 2.49. The van der Waals surface area contributed by atoms with Crippen LogP contribution < -0.4 is 5.73 Å². The normalized spacial score (nSPS) is 20.5. The molecule has 5 nitrogen and oxygen atoms in total. The van der Waals surface area contributed by atoms with E-state index >= 15 is 0 Å². The van der Waals surface area contributed by atoms with Gasteiger partial charge in [0.05, 0.1) is 5.69 Å². The second-order valence-corrected chi connectivity index (χ2v) is 10.8. The van der Waals surface area contributed by atoms with Gasteiger partial charge in [0.25, 0.3) is 5.91 Å². The Balaban J connectivity index is 1.47. The highest BCUT2D eigenvalue weighted by Gasteiger charge is 2.45. The first-order chi connectivity index (χ1) is 17.3. The van der Waals surface area contributed by atoms with Crippen molar-refractivity contribution in [3.8, 4) is 5.69 Å². The lowest BCUT2D eigenvalue weighted by atomic mass is 9.58. The van der Waals surface area contributed by atoms with Crippen LogP contribution in [0.1, 0.15) is 60.4 Å². The maximum Gasteiger partial charge on any atom is 0.269 e. The Labute approximate surface area is 214 Å². The van der Waals surface area contributed by atoms with E-state index < -0.39 is 5.91 Å². The Kier molecular flexibility index (Phi) is 6.44. The van der Waals surface area contributed by atoms with E-state index in [0.29, 0.717) is 0 Å².